The van der Waals surface area contributed by atoms with Crippen molar-refractivity contribution in [2.45, 2.75) is 12.5 Å². The molecule has 7 heteroatoms. The molecule has 1 aromatic heterocycles. The number of amides is 1. The summed E-state index contributed by atoms with van der Waals surface area (Å²) in [7, 11) is 0. The second kappa shape index (κ2) is 5.57. The van der Waals surface area contributed by atoms with E-state index < -0.39 is 0 Å². The summed E-state index contributed by atoms with van der Waals surface area (Å²) in [6.07, 6.45) is 2.50. The smallest absolute Gasteiger partial charge is 0.275 e. The summed E-state index contributed by atoms with van der Waals surface area (Å²) < 4.78 is 15.1. The van der Waals surface area contributed by atoms with Crippen LogP contribution in [0.1, 0.15) is 16.9 Å². The Morgan fingerprint density at radius 1 is 1.38 bits per heavy atom. The number of benzene rings is 1. The van der Waals surface area contributed by atoms with E-state index in [4.69, 9.17) is 5.73 Å². The molecule has 0 unspecified atom stereocenters. The van der Waals surface area contributed by atoms with Crippen molar-refractivity contribution in [1.29, 1.82) is 0 Å². The van der Waals surface area contributed by atoms with Crippen LogP contribution in [0.3, 0.4) is 0 Å². The van der Waals surface area contributed by atoms with Crippen molar-refractivity contribution < 1.29 is 9.18 Å². The molecule has 5 nitrogen and oxygen atoms in total. The summed E-state index contributed by atoms with van der Waals surface area (Å²) in [5, 5.41) is 4.29. The van der Waals surface area contributed by atoms with Gasteiger partial charge < -0.3 is 10.6 Å². The van der Waals surface area contributed by atoms with Gasteiger partial charge in [-0.2, -0.15) is 5.10 Å². The van der Waals surface area contributed by atoms with E-state index in [-0.39, 0.29) is 17.8 Å². The third kappa shape index (κ3) is 2.84. The van der Waals surface area contributed by atoms with Crippen molar-refractivity contribution in [3.63, 3.8) is 0 Å². The number of carbonyl (C=O) groups is 1. The highest BCUT2D eigenvalue weighted by atomic mass is 79.9. The second-order valence-corrected chi connectivity index (χ2v) is 5.90. The van der Waals surface area contributed by atoms with E-state index in [1.54, 1.807) is 27.9 Å². The van der Waals surface area contributed by atoms with E-state index in [2.05, 4.69) is 21.0 Å². The third-order valence-corrected chi connectivity index (χ3v) is 4.06. The molecule has 21 heavy (non-hydrogen) atoms. The minimum absolute atomic E-state index is 0.0342. The fraction of sp³-hybridized carbons (Fsp3) is 0.286. The van der Waals surface area contributed by atoms with Gasteiger partial charge >= 0.3 is 0 Å². The average Bonchev–Trinajstić information content (AvgIpc) is 3.05. The molecule has 2 aromatic rings. The standard InChI is InChI=1S/C14H14BrFN4O/c15-12-8-20(11-3-1-9(16)2-4-11)18-13(12)14(21)19-6-5-10(17)7-19/h1-4,8,10H,5-7,17H2/t10-/m1/s1. The number of rotatable bonds is 2. The maximum absolute atomic E-state index is 12.9. The Bertz CT molecular complexity index is 670. The molecule has 1 aromatic carbocycles. The lowest BCUT2D eigenvalue weighted by Gasteiger charge is -2.14. The highest BCUT2D eigenvalue weighted by molar-refractivity contribution is 9.10. The van der Waals surface area contributed by atoms with E-state index in [0.717, 1.165) is 6.42 Å². The zero-order valence-electron chi connectivity index (χ0n) is 11.2. The molecule has 110 valence electrons. The molecule has 1 aliphatic heterocycles. The SMILES string of the molecule is N[C@@H]1CCN(C(=O)c2nn(-c3ccc(F)cc3)cc2Br)C1. The van der Waals surface area contributed by atoms with Gasteiger partial charge in [0.1, 0.15) is 5.82 Å². The van der Waals surface area contributed by atoms with Crippen LogP contribution >= 0.6 is 15.9 Å². The molecule has 0 bridgehead atoms. The van der Waals surface area contributed by atoms with Crippen LogP contribution in [0.4, 0.5) is 4.39 Å². The first-order valence-corrected chi connectivity index (χ1v) is 7.40. The van der Waals surface area contributed by atoms with Gasteiger partial charge in [-0.1, -0.05) is 0 Å². The molecule has 0 spiro atoms. The molecule has 3 rings (SSSR count). The van der Waals surface area contributed by atoms with Crippen LogP contribution in [0.15, 0.2) is 34.9 Å². The minimum atomic E-state index is -0.313. The van der Waals surface area contributed by atoms with E-state index in [1.165, 1.54) is 12.1 Å². The number of aromatic nitrogens is 2. The zero-order chi connectivity index (χ0) is 15.0. The van der Waals surface area contributed by atoms with Gasteiger partial charge in [-0.25, -0.2) is 9.07 Å². The molecule has 0 aliphatic carbocycles. The van der Waals surface area contributed by atoms with Gasteiger partial charge in [0, 0.05) is 25.3 Å². The predicted octanol–water partition coefficient (Wildman–Crippen LogP) is 1.95. The minimum Gasteiger partial charge on any atom is -0.336 e. The summed E-state index contributed by atoms with van der Waals surface area (Å²) in [6, 6.07) is 5.95. The molecule has 2 N–H and O–H groups in total. The maximum atomic E-state index is 12.9. The third-order valence-electron chi connectivity index (χ3n) is 3.48. The Morgan fingerprint density at radius 2 is 2.10 bits per heavy atom. The van der Waals surface area contributed by atoms with Crippen LogP contribution in [0, 0.1) is 5.82 Å². The molecule has 1 fully saturated rings. The summed E-state index contributed by atoms with van der Waals surface area (Å²) in [4.78, 5) is 14.1. The first kappa shape index (κ1) is 14.2. The van der Waals surface area contributed by atoms with E-state index in [1.807, 2.05) is 0 Å². The normalized spacial score (nSPS) is 18.2. The Morgan fingerprint density at radius 3 is 2.71 bits per heavy atom. The van der Waals surface area contributed by atoms with Crippen LogP contribution < -0.4 is 5.73 Å². The largest absolute Gasteiger partial charge is 0.336 e. The van der Waals surface area contributed by atoms with Gasteiger partial charge in [-0.15, -0.1) is 0 Å². The topological polar surface area (TPSA) is 64.2 Å². The van der Waals surface area contributed by atoms with Crippen molar-refractivity contribution in [1.82, 2.24) is 14.7 Å². The molecule has 1 aliphatic rings. The van der Waals surface area contributed by atoms with Gasteiger partial charge in [0.2, 0.25) is 0 Å². The number of nitrogens with zero attached hydrogens (tertiary/aromatic N) is 3. The lowest BCUT2D eigenvalue weighted by Crippen LogP contribution is -2.32. The molecular weight excluding hydrogens is 339 g/mol. The Balaban J connectivity index is 1.87. The quantitative estimate of drug-likeness (QED) is 0.898. The highest BCUT2D eigenvalue weighted by Crippen LogP contribution is 2.21. The fourth-order valence-electron chi connectivity index (χ4n) is 2.35. The Kier molecular flexibility index (Phi) is 3.77. The van der Waals surface area contributed by atoms with E-state index >= 15 is 0 Å². The highest BCUT2D eigenvalue weighted by Gasteiger charge is 2.27. The molecule has 0 radical (unpaired) electrons. The van der Waals surface area contributed by atoms with Crippen molar-refractivity contribution in [2.24, 2.45) is 5.73 Å². The number of hydrogen-bond donors (Lipinski definition) is 1. The van der Waals surface area contributed by atoms with Crippen molar-refractivity contribution in [2.75, 3.05) is 13.1 Å². The van der Waals surface area contributed by atoms with Crippen LogP contribution in [0.25, 0.3) is 5.69 Å². The number of nitrogens with two attached hydrogens (primary N) is 1. The van der Waals surface area contributed by atoms with Gasteiger partial charge in [0.15, 0.2) is 5.69 Å². The van der Waals surface area contributed by atoms with Crippen LogP contribution in [-0.2, 0) is 0 Å². The van der Waals surface area contributed by atoms with Gasteiger partial charge in [0.05, 0.1) is 10.2 Å². The lowest BCUT2D eigenvalue weighted by atomic mass is 10.3. The Labute approximate surface area is 129 Å². The summed E-state index contributed by atoms with van der Waals surface area (Å²) in [5.74, 6) is -0.456. The lowest BCUT2D eigenvalue weighted by molar-refractivity contribution is 0.0783. The second-order valence-electron chi connectivity index (χ2n) is 5.05. The molecular formula is C14H14BrFN4O. The monoisotopic (exact) mass is 352 g/mol. The number of likely N-dealkylation sites (tertiary alicyclic amines) is 1. The molecule has 0 saturated carbocycles. The summed E-state index contributed by atoms with van der Waals surface area (Å²) in [6.45, 7) is 1.20. The summed E-state index contributed by atoms with van der Waals surface area (Å²) in [5.41, 5.74) is 6.85. The number of carbonyl (C=O) groups excluding carboxylic acids is 1. The van der Waals surface area contributed by atoms with Crippen molar-refractivity contribution in [3.05, 3.63) is 46.4 Å². The van der Waals surface area contributed by atoms with Gasteiger partial charge in [0.25, 0.3) is 5.91 Å². The van der Waals surface area contributed by atoms with E-state index in [0.29, 0.717) is 28.9 Å². The van der Waals surface area contributed by atoms with Crippen molar-refractivity contribution >= 4 is 21.8 Å². The summed E-state index contributed by atoms with van der Waals surface area (Å²) >= 11 is 3.36. The van der Waals surface area contributed by atoms with Crippen LogP contribution in [0.2, 0.25) is 0 Å². The molecule has 1 amide bonds. The van der Waals surface area contributed by atoms with Crippen LogP contribution in [-0.4, -0.2) is 39.7 Å². The number of halogens is 2. The maximum Gasteiger partial charge on any atom is 0.275 e. The first-order chi connectivity index (χ1) is 10.0. The fourth-order valence-corrected chi connectivity index (χ4v) is 2.79. The molecule has 1 atom stereocenters. The zero-order valence-corrected chi connectivity index (χ0v) is 12.8. The van der Waals surface area contributed by atoms with Gasteiger partial charge in [-0.3, -0.25) is 4.79 Å². The number of hydrogen-bond acceptors (Lipinski definition) is 3. The predicted molar refractivity (Wildman–Crippen MR) is 79.7 cm³/mol. The molecule has 2 heterocycles. The Hall–Kier alpha value is -1.73. The van der Waals surface area contributed by atoms with Crippen molar-refractivity contribution in [3.8, 4) is 5.69 Å². The molecule has 1 saturated heterocycles. The average molecular weight is 353 g/mol. The first-order valence-electron chi connectivity index (χ1n) is 6.60. The van der Waals surface area contributed by atoms with E-state index in [9.17, 15) is 9.18 Å². The van der Waals surface area contributed by atoms with Gasteiger partial charge in [-0.05, 0) is 46.6 Å². The van der Waals surface area contributed by atoms with Crippen LogP contribution in [0.5, 0.6) is 0 Å².